The third kappa shape index (κ3) is 5.76. The SMILES string of the molecule is O=C(NCC1CCCO1)c1cccc(NC(=S)NC(=O)c2cccc(Cl)c2)c1. The highest BCUT2D eigenvalue weighted by atomic mass is 35.5. The van der Waals surface area contributed by atoms with Crippen LogP contribution in [0, 0.1) is 0 Å². The van der Waals surface area contributed by atoms with Crippen molar-refractivity contribution in [3.63, 3.8) is 0 Å². The molecule has 0 bridgehead atoms. The van der Waals surface area contributed by atoms with Gasteiger partial charge in [0.25, 0.3) is 11.8 Å². The second-order valence-corrected chi connectivity index (χ2v) is 7.19. The maximum absolute atomic E-state index is 12.3. The summed E-state index contributed by atoms with van der Waals surface area (Å²) in [7, 11) is 0. The van der Waals surface area contributed by atoms with Crippen LogP contribution in [-0.4, -0.2) is 36.2 Å². The lowest BCUT2D eigenvalue weighted by molar-refractivity contribution is 0.0857. The molecule has 1 atom stereocenters. The number of carbonyl (C=O) groups is 2. The Morgan fingerprint density at radius 3 is 2.57 bits per heavy atom. The predicted molar refractivity (Wildman–Crippen MR) is 113 cm³/mol. The van der Waals surface area contributed by atoms with Crippen molar-refractivity contribution in [2.24, 2.45) is 0 Å². The van der Waals surface area contributed by atoms with Crippen molar-refractivity contribution in [2.75, 3.05) is 18.5 Å². The molecule has 8 heteroatoms. The first-order chi connectivity index (χ1) is 13.5. The maximum Gasteiger partial charge on any atom is 0.257 e. The molecule has 6 nitrogen and oxygen atoms in total. The maximum atomic E-state index is 12.3. The summed E-state index contributed by atoms with van der Waals surface area (Å²) >= 11 is 11.1. The molecular weight excluding hydrogens is 398 g/mol. The first-order valence-corrected chi connectivity index (χ1v) is 9.67. The molecule has 1 heterocycles. The average molecular weight is 418 g/mol. The van der Waals surface area contributed by atoms with E-state index in [9.17, 15) is 9.59 Å². The van der Waals surface area contributed by atoms with E-state index in [1.165, 1.54) is 0 Å². The summed E-state index contributed by atoms with van der Waals surface area (Å²) < 4.78 is 5.50. The summed E-state index contributed by atoms with van der Waals surface area (Å²) in [5.41, 5.74) is 1.49. The van der Waals surface area contributed by atoms with E-state index in [1.54, 1.807) is 48.5 Å². The van der Waals surface area contributed by atoms with Gasteiger partial charge in [-0.05, 0) is 61.5 Å². The predicted octanol–water partition coefficient (Wildman–Crippen LogP) is 3.38. The minimum absolute atomic E-state index is 0.0829. The van der Waals surface area contributed by atoms with Crippen LogP contribution >= 0.6 is 23.8 Å². The van der Waals surface area contributed by atoms with Crippen LogP contribution < -0.4 is 16.0 Å². The summed E-state index contributed by atoms with van der Waals surface area (Å²) in [5, 5.41) is 8.97. The molecule has 0 aromatic heterocycles. The molecule has 0 radical (unpaired) electrons. The van der Waals surface area contributed by atoms with Crippen molar-refractivity contribution in [1.82, 2.24) is 10.6 Å². The van der Waals surface area contributed by atoms with Gasteiger partial charge >= 0.3 is 0 Å². The van der Waals surface area contributed by atoms with Crippen LogP contribution in [0.1, 0.15) is 33.6 Å². The number of hydrogen-bond acceptors (Lipinski definition) is 4. The van der Waals surface area contributed by atoms with Crippen LogP contribution in [-0.2, 0) is 4.74 Å². The standard InChI is InChI=1S/C20H20ClN3O3S/c21-15-6-1-4-13(10-15)19(26)24-20(28)23-16-7-2-5-14(11-16)18(25)22-12-17-8-3-9-27-17/h1-2,4-7,10-11,17H,3,8-9,12H2,(H,22,25)(H2,23,24,26,28). The van der Waals surface area contributed by atoms with Crippen molar-refractivity contribution in [2.45, 2.75) is 18.9 Å². The van der Waals surface area contributed by atoms with Gasteiger partial charge in [-0.25, -0.2) is 0 Å². The lowest BCUT2D eigenvalue weighted by Crippen LogP contribution is -2.34. The number of thiocarbonyl (C=S) groups is 1. The van der Waals surface area contributed by atoms with Gasteiger partial charge in [0, 0.05) is 35.0 Å². The van der Waals surface area contributed by atoms with Gasteiger partial charge in [0.1, 0.15) is 0 Å². The Labute approximate surface area is 173 Å². The first kappa shape index (κ1) is 20.3. The Morgan fingerprint density at radius 1 is 1.11 bits per heavy atom. The third-order valence-electron chi connectivity index (χ3n) is 4.21. The molecule has 2 amide bonds. The zero-order valence-corrected chi connectivity index (χ0v) is 16.6. The number of hydrogen-bond donors (Lipinski definition) is 3. The van der Waals surface area contributed by atoms with Gasteiger partial charge in [0.2, 0.25) is 0 Å². The topological polar surface area (TPSA) is 79.5 Å². The molecule has 0 saturated carbocycles. The number of anilines is 1. The van der Waals surface area contributed by atoms with Crippen LogP contribution in [0.2, 0.25) is 5.02 Å². The largest absolute Gasteiger partial charge is 0.376 e. The highest BCUT2D eigenvalue weighted by molar-refractivity contribution is 7.80. The molecule has 3 rings (SSSR count). The van der Waals surface area contributed by atoms with E-state index >= 15 is 0 Å². The van der Waals surface area contributed by atoms with Crippen LogP contribution in [0.25, 0.3) is 0 Å². The fourth-order valence-electron chi connectivity index (χ4n) is 2.82. The molecule has 3 N–H and O–H groups in total. The smallest absolute Gasteiger partial charge is 0.257 e. The molecule has 2 aromatic carbocycles. The van der Waals surface area contributed by atoms with Gasteiger partial charge in [0.05, 0.1) is 6.10 Å². The van der Waals surface area contributed by atoms with Crippen LogP contribution in [0.4, 0.5) is 5.69 Å². The molecule has 0 spiro atoms. The first-order valence-electron chi connectivity index (χ1n) is 8.89. The normalized spacial score (nSPS) is 15.7. The van der Waals surface area contributed by atoms with Crippen LogP contribution in [0.3, 0.4) is 0 Å². The van der Waals surface area contributed by atoms with Gasteiger partial charge in [0.15, 0.2) is 5.11 Å². The minimum atomic E-state index is -0.370. The molecule has 0 aliphatic carbocycles. The van der Waals surface area contributed by atoms with Gasteiger partial charge in [-0.1, -0.05) is 23.7 Å². The zero-order chi connectivity index (χ0) is 19.9. The van der Waals surface area contributed by atoms with Crippen molar-refractivity contribution in [3.05, 3.63) is 64.7 Å². The van der Waals surface area contributed by atoms with Crippen LogP contribution in [0.5, 0.6) is 0 Å². The van der Waals surface area contributed by atoms with Crippen molar-refractivity contribution >= 4 is 46.4 Å². The van der Waals surface area contributed by atoms with Crippen molar-refractivity contribution in [1.29, 1.82) is 0 Å². The molecule has 2 aromatic rings. The number of rotatable bonds is 5. The van der Waals surface area contributed by atoms with E-state index in [2.05, 4.69) is 16.0 Å². The van der Waals surface area contributed by atoms with Gasteiger partial charge in [-0.2, -0.15) is 0 Å². The molecule has 146 valence electrons. The number of halogens is 1. The molecule has 1 fully saturated rings. The van der Waals surface area contributed by atoms with E-state index < -0.39 is 0 Å². The Bertz CT molecular complexity index is 885. The Morgan fingerprint density at radius 2 is 1.86 bits per heavy atom. The monoisotopic (exact) mass is 417 g/mol. The van der Waals surface area contributed by atoms with E-state index in [0.717, 1.165) is 19.4 Å². The summed E-state index contributed by atoms with van der Waals surface area (Å²) in [6.07, 6.45) is 2.07. The second-order valence-electron chi connectivity index (χ2n) is 6.34. The number of ether oxygens (including phenoxy) is 1. The molecule has 1 aliphatic rings. The second kappa shape index (κ2) is 9.64. The highest BCUT2D eigenvalue weighted by Gasteiger charge is 2.17. The number of benzene rings is 2. The molecule has 1 saturated heterocycles. The van der Waals surface area contributed by atoms with E-state index in [4.69, 9.17) is 28.6 Å². The lowest BCUT2D eigenvalue weighted by atomic mass is 10.1. The summed E-state index contributed by atoms with van der Waals surface area (Å²) in [5.74, 6) is -0.557. The minimum Gasteiger partial charge on any atom is -0.376 e. The lowest BCUT2D eigenvalue weighted by Gasteiger charge is -2.12. The zero-order valence-electron chi connectivity index (χ0n) is 15.0. The highest BCUT2D eigenvalue weighted by Crippen LogP contribution is 2.14. The fraction of sp³-hybridized carbons (Fsp3) is 0.250. The van der Waals surface area contributed by atoms with E-state index in [0.29, 0.717) is 28.4 Å². The molecule has 1 aliphatic heterocycles. The number of amides is 2. The molecular formula is C20H20ClN3O3S. The van der Waals surface area contributed by atoms with E-state index in [-0.39, 0.29) is 23.0 Å². The average Bonchev–Trinajstić information content (AvgIpc) is 3.20. The van der Waals surface area contributed by atoms with Gasteiger partial charge in [-0.3, -0.25) is 14.9 Å². The fourth-order valence-corrected chi connectivity index (χ4v) is 3.22. The van der Waals surface area contributed by atoms with Gasteiger partial charge in [-0.15, -0.1) is 0 Å². The van der Waals surface area contributed by atoms with Crippen LogP contribution in [0.15, 0.2) is 48.5 Å². The summed E-state index contributed by atoms with van der Waals surface area (Å²) in [4.78, 5) is 24.5. The summed E-state index contributed by atoms with van der Waals surface area (Å²) in [6.45, 7) is 1.24. The third-order valence-corrected chi connectivity index (χ3v) is 4.65. The summed E-state index contributed by atoms with van der Waals surface area (Å²) in [6, 6.07) is 13.4. The Balaban J connectivity index is 1.55. The molecule has 1 unspecified atom stereocenters. The Hall–Kier alpha value is -2.48. The Kier molecular flexibility index (Phi) is 6.97. The molecule has 28 heavy (non-hydrogen) atoms. The van der Waals surface area contributed by atoms with Crippen molar-refractivity contribution < 1.29 is 14.3 Å². The quantitative estimate of drug-likeness (QED) is 0.650. The number of nitrogens with one attached hydrogen (secondary N) is 3. The van der Waals surface area contributed by atoms with E-state index in [1.807, 2.05) is 0 Å². The number of carbonyl (C=O) groups excluding carboxylic acids is 2. The van der Waals surface area contributed by atoms with Gasteiger partial charge < -0.3 is 15.4 Å². The van der Waals surface area contributed by atoms with Crippen molar-refractivity contribution in [3.8, 4) is 0 Å².